The fourth-order valence-electron chi connectivity index (χ4n) is 1.27. The first-order chi connectivity index (χ1) is 4.22. The van der Waals surface area contributed by atoms with Crippen molar-refractivity contribution in [3.8, 4) is 0 Å². The van der Waals surface area contributed by atoms with E-state index in [-0.39, 0.29) is 51.4 Å². The van der Waals surface area contributed by atoms with Gasteiger partial charge in [0.25, 0.3) is 0 Å². The van der Waals surface area contributed by atoms with Gasteiger partial charge in [-0.1, -0.05) is 6.92 Å². The first-order valence-corrected chi connectivity index (χ1v) is 3.60. The molecule has 0 spiro atoms. The summed E-state index contributed by atoms with van der Waals surface area (Å²) in [7, 11) is 0. The second-order valence-electron chi connectivity index (χ2n) is 2.92. The number of aliphatic hydroxyl groups excluding tert-OH is 1. The van der Waals surface area contributed by atoms with Gasteiger partial charge in [-0.3, -0.25) is 0 Å². The predicted octanol–water partition coefficient (Wildman–Crippen LogP) is 1.99. The van der Waals surface area contributed by atoms with Crippen LogP contribution in [0.2, 0.25) is 0 Å². The summed E-state index contributed by atoms with van der Waals surface area (Å²) >= 11 is 0. The van der Waals surface area contributed by atoms with Crippen LogP contribution in [0.5, 0.6) is 0 Å². The second-order valence-corrected chi connectivity index (χ2v) is 2.92. The Bertz CT molecular complexity index is 140. The van der Waals surface area contributed by atoms with Crippen molar-refractivity contribution in [2.24, 2.45) is 5.92 Å². The summed E-state index contributed by atoms with van der Waals surface area (Å²) in [4.78, 5) is 0. The van der Waals surface area contributed by atoms with E-state index in [1.807, 2.05) is 6.92 Å². The Morgan fingerprint density at radius 2 is 2.10 bits per heavy atom. The van der Waals surface area contributed by atoms with Gasteiger partial charge in [0.15, 0.2) is 0 Å². The van der Waals surface area contributed by atoms with E-state index >= 15 is 0 Å². The van der Waals surface area contributed by atoms with Gasteiger partial charge in [-0.05, 0) is 31.3 Å². The van der Waals surface area contributed by atoms with Crippen molar-refractivity contribution < 1.29 is 5.11 Å². The summed E-state index contributed by atoms with van der Waals surface area (Å²) < 4.78 is 0. The number of hydrogen-bond acceptors (Lipinski definition) is 1. The van der Waals surface area contributed by atoms with Crippen molar-refractivity contribution in [1.82, 2.24) is 0 Å². The number of rotatable bonds is 0. The molecule has 0 heterocycles. The van der Waals surface area contributed by atoms with Crippen LogP contribution in [0.4, 0.5) is 0 Å². The summed E-state index contributed by atoms with van der Waals surface area (Å²) in [6.07, 6.45) is 3.30. The normalized spacial score (nSPS) is 26.0. The van der Waals surface area contributed by atoms with Gasteiger partial charge in [-0.2, -0.15) is 0 Å². The third kappa shape index (κ3) is 2.66. The molecule has 1 aliphatic rings. The van der Waals surface area contributed by atoms with Crippen LogP contribution < -0.4 is 0 Å². The molecule has 2 heteroatoms. The second kappa shape index (κ2) is 4.94. The molecule has 1 N–H and O–H groups in total. The molecule has 1 unspecified atom stereocenters. The fraction of sp³-hybridized carbons (Fsp3) is 0.750. The maximum absolute atomic E-state index is 9.23. The molecule has 1 nitrogen and oxygen atoms in total. The first-order valence-electron chi connectivity index (χ1n) is 3.60. The molecule has 0 saturated carbocycles. The van der Waals surface area contributed by atoms with Crippen molar-refractivity contribution in [2.75, 3.05) is 0 Å². The maximum atomic E-state index is 9.23. The molecule has 0 radical (unpaired) electrons. The van der Waals surface area contributed by atoms with Gasteiger partial charge < -0.3 is 5.11 Å². The van der Waals surface area contributed by atoms with Gasteiger partial charge in [0, 0.05) is 6.42 Å². The van der Waals surface area contributed by atoms with Crippen molar-refractivity contribution in [3.63, 3.8) is 0 Å². The molecule has 10 heavy (non-hydrogen) atoms. The average Bonchev–Trinajstić information content (AvgIpc) is 1.83. The third-order valence-electron chi connectivity index (χ3n) is 2.25. The minimum atomic E-state index is 0. The number of hydrogen-bond donors (Lipinski definition) is 1. The van der Waals surface area contributed by atoms with Gasteiger partial charge in [0.1, 0.15) is 0 Å². The molecule has 0 saturated heterocycles. The molecular formula is C8H15KO. The molecule has 1 rings (SSSR count). The molecule has 0 bridgehead atoms. The van der Waals surface area contributed by atoms with E-state index in [9.17, 15) is 5.11 Å². The van der Waals surface area contributed by atoms with Crippen molar-refractivity contribution in [1.29, 1.82) is 0 Å². The van der Waals surface area contributed by atoms with Crippen LogP contribution >= 0.6 is 0 Å². The Labute approximate surface area is 105 Å². The Morgan fingerprint density at radius 3 is 2.50 bits per heavy atom. The Kier molecular flexibility index (Phi) is 5.52. The molecule has 0 fully saturated rings. The van der Waals surface area contributed by atoms with Crippen LogP contribution in [0.1, 0.15) is 33.1 Å². The summed E-state index contributed by atoms with van der Waals surface area (Å²) in [6.45, 7) is 4.20. The summed E-state index contributed by atoms with van der Waals surface area (Å²) in [5.74, 6) is 1.24. The monoisotopic (exact) mass is 166 g/mol. The van der Waals surface area contributed by atoms with E-state index < -0.39 is 0 Å². The third-order valence-corrected chi connectivity index (χ3v) is 2.25. The van der Waals surface area contributed by atoms with E-state index in [4.69, 9.17) is 0 Å². The molecular weight excluding hydrogens is 151 g/mol. The van der Waals surface area contributed by atoms with Crippen molar-refractivity contribution in [2.45, 2.75) is 33.1 Å². The summed E-state index contributed by atoms with van der Waals surface area (Å²) in [5.41, 5.74) is 1.20. The molecule has 1 atom stereocenters. The zero-order valence-electron chi connectivity index (χ0n) is 6.15. The Hall–Kier alpha value is 1.18. The molecule has 1 aliphatic carbocycles. The van der Waals surface area contributed by atoms with Crippen molar-refractivity contribution >= 4 is 51.4 Å². The molecule has 0 aromatic heterocycles. The van der Waals surface area contributed by atoms with Crippen LogP contribution in [0.25, 0.3) is 0 Å². The Balaban J connectivity index is 0.000000810. The van der Waals surface area contributed by atoms with Gasteiger partial charge in [-0.15, -0.1) is 0 Å². The van der Waals surface area contributed by atoms with E-state index in [0.29, 0.717) is 11.7 Å². The van der Waals surface area contributed by atoms with Gasteiger partial charge >= 0.3 is 51.4 Å². The molecule has 0 amide bonds. The summed E-state index contributed by atoms with van der Waals surface area (Å²) in [5, 5.41) is 9.23. The fourth-order valence-corrected chi connectivity index (χ4v) is 1.27. The van der Waals surface area contributed by atoms with Crippen LogP contribution in [-0.4, -0.2) is 56.5 Å². The van der Waals surface area contributed by atoms with Gasteiger partial charge in [-0.25, -0.2) is 0 Å². The molecule has 0 aromatic rings. The van der Waals surface area contributed by atoms with E-state index in [1.54, 1.807) is 0 Å². The minimum absolute atomic E-state index is 0. The standard InChI is InChI=1S/C8H14O.K.H/c1-6-4-3-5-8(9)7(6)2;;/h6,9H,3-5H2,1-2H3;;. The molecule has 54 valence electrons. The average molecular weight is 166 g/mol. The molecule has 0 aliphatic heterocycles. The van der Waals surface area contributed by atoms with Crippen LogP contribution in [-0.2, 0) is 0 Å². The van der Waals surface area contributed by atoms with E-state index in [0.717, 1.165) is 12.8 Å². The topological polar surface area (TPSA) is 20.2 Å². The van der Waals surface area contributed by atoms with Crippen LogP contribution in [0, 0.1) is 5.92 Å². The number of allylic oxidation sites excluding steroid dienone is 2. The van der Waals surface area contributed by atoms with Gasteiger partial charge in [0.05, 0.1) is 5.76 Å². The van der Waals surface area contributed by atoms with E-state index in [1.165, 1.54) is 12.0 Å². The van der Waals surface area contributed by atoms with E-state index in [2.05, 4.69) is 6.92 Å². The zero-order chi connectivity index (χ0) is 6.85. The Morgan fingerprint density at radius 1 is 1.50 bits per heavy atom. The SMILES string of the molecule is CC1=C(O)CCCC1C.[KH]. The van der Waals surface area contributed by atoms with Crippen molar-refractivity contribution in [3.05, 3.63) is 11.3 Å². The first kappa shape index (κ1) is 11.2. The predicted molar refractivity (Wildman–Crippen MR) is 45.5 cm³/mol. The number of aliphatic hydroxyl groups is 1. The quantitative estimate of drug-likeness (QED) is 0.546. The summed E-state index contributed by atoms with van der Waals surface area (Å²) in [6, 6.07) is 0. The molecule has 0 aromatic carbocycles. The van der Waals surface area contributed by atoms with Crippen LogP contribution in [0.3, 0.4) is 0 Å². The van der Waals surface area contributed by atoms with Crippen LogP contribution in [0.15, 0.2) is 11.3 Å². The zero-order valence-corrected chi connectivity index (χ0v) is 6.15. The van der Waals surface area contributed by atoms with Gasteiger partial charge in [0.2, 0.25) is 0 Å².